The highest BCUT2D eigenvalue weighted by Crippen LogP contribution is 2.36. The summed E-state index contributed by atoms with van der Waals surface area (Å²) in [5.41, 5.74) is 1.50. The molecule has 8 heteroatoms. The van der Waals surface area contributed by atoms with Crippen LogP contribution in [0.25, 0.3) is 0 Å². The maximum Gasteiger partial charge on any atom is 0.153 e. The predicted molar refractivity (Wildman–Crippen MR) is 104 cm³/mol. The molecule has 0 radical (unpaired) electrons. The van der Waals surface area contributed by atoms with Gasteiger partial charge in [-0.1, -0.05) is 12.5 Å². The van der Waals surface area contributed by atoms with Crippen molar-refractivity contribution in [3.8, 4) is 0 Å². The minimum Gasteiger partial charge on any atom is -0.363 e. The fourth-order valence-electron chi connectivity index (χ4n) is 3.32. The summed E-state index contributed by atoms with van der Waals surface area (Å²) in [6.45, 7) is 3.57. The molecule has 1 aromatic carbocycles. The molecule has 3 N–H and O–H groups in total. The molecule has 4 rings (SSSR count). The fraction of sp³-hybridized carbons (Fsp3) is 0.350. The van der Waals surface area contributed by atoms with Gasteiger partial charge in [0.15, 0.2) is 5.82 Å². The second kappa shape index (κ2) is 7.53. The van der Waals surface area contributed by atoms with Gasteiger partial charge in [-0.2, -0.15) is 5.10 Å². The Morgan fingerprint density at radius 3 is 2.57 bits per heavy atom. The molecule has 1 aliphatic rings. The number of halogens is 2. The van der Waals surface area contributed by atoms with E-state index in [9.17, 15) is 8.78 Å². The third-order valence-corrected chi connectivity index (χ3v) is 5.03. The maximum atomic E-state index is 14.0. The molecule has 0 amide bonds. The Hall–Kier alpha value is -3.03. The van der Waals surface area contributed by atoms with Crippen LogP contribution < -0.4 is 10.6 Å². The maximum absolute atomic E-state index is 14.0. The molecular weight excluding hydrogens is 362 g/mol. The van der Waals surface area contributed by atoms with Crippen LogP contribution in [-0.2, 0) is 0 Å². The third kappa shape index (κ3) is 3.95. The highest BCUT2D eigenvalue weighted by molar-refractivity contribution is 5.57. The summed E-state index contributed by atoms with van der Waals surface area (Å²) in [6, 6.07) is 6.91. The Bertz CT molecular complexity index is 983. The summed E-state index contributed by atoms with van der Waals surface area (Å²) in [5.74, 6) is 1.77. The van der Waals surface area contributed by atoms with Crippen molar-refractivity contribution in [1.29, 1.82) is 0 Å². The highest BCUT2D eigenvalue weighted by Gasteiger charge is 2.21. The summed E-state index contributed by atoms with van der Waals surface area (Å²) in [6.07, 6.45) is 3.65. The van der Waals surface area contributed by atoms with Gasteiger partial charge < -0.3 is 10.6 Å². The molecule has 0 saturated heterocycles. The standard InChI is InChI=1S/C20H22F2N6/c1-11(15-7-6-14(21)8-16(15)22)23-18-10-19(25-12(2)24-18)26-20-9-17(27-28-20)13-4-3-5-13/h6-11,13H,3-5H2,1-2H3,(H3,23,24,25,26,27,28). The molecular formula is C20H22F2N6. The van der Waals surface area contributed by atoms with Gasteiger partial charge in [0, 0.05) is 35.4 Å². The zero-order chi connectivity index (χ0) is 19.7. The molecule has 1 aliphatic carbocycles. The lowest BCUT2D eigenvalue weighted by atomic mass is 9.83. The van der Waals surface area contributed by atoms with E-state index in [2.05, 4.69) is 30.8 Å². The largest absolute Gasteiger partial charge is 0.363 e. The molecule has 1 fully saturated rings. The minimum atomic E-state index is -0.599. The van der Waals surface area contributed by atoms with Crippen LogP contribution in [0, 0.1) is 18.6 Å². The van der Waals surface area contributed by atoms with Crippen LogP contribution in [0.15, 0.2) is 30.3 Å². The van der Waals surface area contributed by atoms with Crippen molar-refractivity contribution in [2.75, 3.05) is 10.6 Å². The molecule has 3 aromatic rings. The van der Waals surface area contributed by atoms with Crippen molar-refractivity contribution in [3.63, 3.8) is 0 Å². The van der Waals surface area contributed by atoms with E-state index in [4.69, 9.17) is 0 Å². The second-order valence-electron chi connectivity index (χ2n) is 7.18. The smallest absolute Gasteiger partial charge is 0.153 e. The number of anilines is 3. The van der Waals surface area contributed by atoms with Crippen LogP contribution in [0.5, 0.6) is 0 Å². The number of hydrogen-bond acceptors (Lipinski definition) is 5. The fourth-order valence-corrected chi connectivity index (χ4v) is 3.32. The molecule has 28 heavy (non-hydrogen) atoms. The lowest BCUT2D eigenvalue weighted by Crippen LogP contribution is -2.11. The van der Waals surface area contributed by atoms with Gasteiger partial charge in [0.25, 0.3) is 0 Å². The van der Waals surface area contributed by atoms with E-state index in [0.717, 1.165) is 11.8 Å². The van der Waals surface area contributed by atoms with Gasteiger partial charge in [-0.3, -0.25) is 5.10 Å². The average molecular weight is 384 g/mol. The van der Waals surface area contributed by atoms with Gasteiger partial charge in [-0.15, -0.1) is 0 Å². The third-order valence-electron chi connectivity index (χ3n) is 5.03. The van der Waals surface area contributed by atoms with E-state index in [1.54, 1.807) is 19.9 Å². The van der Waals surface area contributed by atoms with Crippen LogP contribution in [0.1, 0.15) is 55.2 Å². The predicted octanol–water partition coefficient (Wildman–Crippen LogP) is 4.97. The van der Waals surface area contributed by atoms with Crippen LogP contribution in [0.3, 0.4) is 0 Å². The molecule has 1 atom stereocenters. The molecule has 146 valence electrons. The van der Waals surface area contributed by atoms with Crippen molar-refractivity contribution >= 4 is 17.5 Å². The summed E-state index contributed by atoms with van der Waals surface area (Å²) in [5, 5.41) is 13.7. The number of aryl methyl sites for hydroxylation is 1. The summed E-state index contributed by atoms with van der Waals surface area (Å²) in [4.78, 5) is 8.74. The number of aromatic nitrogens is 4. The number of benzene rings is 1. The minimum absolute atomic E-state index is 0.365. The zero-order valence-corrected chi connectivity index (χ0v) is 15.8. The molecule has 0 spiro atoms. The van der Waals surface area contributed by atoms with Crippen molar-refractivity contribution in [2.24, 2.45) is 0 Å². The zero-order valence-electron chi connectivity index (χ0n) is 15.8. The normalized spacial score (nSPS) is 15.1. The van der Waals surface area contributed by atoms with Gasteiger partial charge >= 0.3 is 0 Å². The molecule has 0 bridgehead atoms. The Morgan fingerprint density at radius 1 is 1.07 bits per heavy atom. The average Bonchev–Trinajstić information content (AvgIpc) is 3.00. The Balaban J connectivity index is 1.49. The Kier molecular flexibility index (Phi) is 4.93. The SMILES string of the molecule is Cc1nc(Nc2cc(C3CCC3)[nH]n2)cc(NC(C)c2ccc(F)cc2F)n1. The van der Waals surface area contributed by atoms with E-state index in [1.807, 2.05) is 6.07 Å². The molecule has 0 aliphatic heterocycles. The van der Waals surface area contributed by atoms with Gasteiger partial charge in [0.2, 0.25) is 0 Å². The lowest BCUT2D eigenvalue weighted by Gasteiger charge is -2.23. The molecule has 6 nitrogen and oxygen atoms in total. The van der Waals surface area contributed by atoms with E-state index < -0.39 is 17.7 Å². The molecule has 1 saturated carbocycles. The van der Waals surface area contributed by atoms with E-state index in [0.29, 0.717) is 34.8 Å². The van der Waals surface area contributed by atoms with Crippen molar-refractivity contribution in [1.82, 2.24) is 20.2 Å². The van der Waals surface area contributed by atoms with Crippen LogP contribution >= 0.6 is 0 Å². The Morgan fingerprint density at radius 2 is 1.86 bits per heavy atom. The van der Waals surface area contributed by atoms with Crippen LogP contribution in [-0.4, -0.2) is 20.2 Å². The summed E-state index contributed by atoms with van der Waals surface area (Å²) in [7, 11) is 0. The van der Waals surface area contributed by atoms with Gasteiger partial charge in [0.1, 0.15) is 29.1 Å². The second-order valence-corrected chi connectivity index (χ2v) is 7.18. The summed E-state index contributed by atoms with van der Waals surface area (Å²) >= 11 is 0. The van der Waals surface area contributed by atoms with E-state index in [1.165, 1.54) is 31.4 Å². The topological polar surface area (TPSA) is 78.5 Å². The van der Waals surface area contributed by atoms with Crippen LogP contribution in [0.2, 0.25) is 0 Å². The first-order chi connectivity index (χ1) is 13.5. The van der Waals surface area contributed by atoms with Crippen molar-refractivity contribution in [2.45, 2.75) is 45.1 Å². The van der Waals surface area contributed by atoms with Crippen molar-refractivity contribution in [3.05, 3.63) is 59.0 Å². The first-order valence-corrected chi connectivity index (χ1v) is 9.37. The first-order valence-electron chi connectivity index (χ1n) is 9.37. The van der Waals surface area contributed by atoms with E-state index in [-0.39, 0.29) is 0 Å². The monoisotopic (exact) mass is 384 g/mol. The Labute approximate surface area is 161 Å². The number of nitrogens with zero attached hydrogens (tertiary/aromatic N) is 3. The summed E-state index contributed by atoms with van der Waals surface area (Å²) < 4.78 is 27.1. The lowest BCUT2D eigenvalue weighted by molar-refractivity contribution is 0.410. The quantitative estimate of drug-likeness (QED) is 0.559. The van der Waals surface area contributed by atoms with Gasteiger partial charge in [-0.25, -0.2) is 18.7 Å². The van der Waals surface area contributed by atoms with Gasteiger partial charge in [0.05, 0.1) is 6.04 Å². The number of hydrogen-bond donors (Lipinski definition) is 3. The molecule has 1 unspecified atom stereocenters. The van der Waals surface area contributed by atoms with Gasteiger partial charge in [-0.05, 0) is 32.8 Å². The number of aromatic amines is 1. The number of rotatable bonds is 6. The first kappa shape index (κ1) is 18.3. The highest BCUT2D eigenvalue weighted by atomic mass is 19.1. The van der Waals surface area contributed by atoms with Crippen LogP contribution in [0.4, 0.5) is 26.2 Å². The number of H-pyrrole nitrogens is 1. The number of nitrogens with one attached hydrogen (secondary N) is 3. The van der Waals surface area contributed by atoms with Crippen molar-refractivity contribution < 1.29 is 8.78 Å². The van der Waals surface area contributed by atoms with E-state index >= 15 is 0 Å². The molecule has 2 aromatic heterocycles. The molecule has 2 heterocycles.